The molecule has 0 radical (unpaired) electrons. The maximum atomic E-state index is 4.53. The highest BCUT2D eigenvalue weighted by Crippen LogP contribution is 2.20. The molecule has 108 valence electrons. The molecule has 0 fully saturated rings. The molecule has 21 heavy (non-hydrogen) atoms. The molecule has 0 aliphatic rings. The fraction of sp³-hybridized carbons (Fsp3) is 0.278. The molecule has 2 heterocycles. The van der Waals surface area contributed by atoms with Crippen LogP contribution in [0.3, 0.4) is 0 Å². The zero-order valence-corrected chi connectivity index (χ0v) is 12.6. The Labute approximate surface area is 125 Å². The fourth-order valence-electron chi connectivity index (χ4n) is 2.86. The summed E-state index contributed by atoms with van der Waals surface area (Å²) in [5.74, 6) is 0. The molecule has 3 heteroatoms. The van der Waals surface area contributed by atoms with Crippen molar-refractivity contribution < 1.29 is 0 Å². The number of nitrogens with zero attached hydrogens (tertiary/aromatic N) is 2. The average molecular weight is 279 g/mol. The van der Waals surface area contributed by atoms with Crippen molar-refractivity contribution in [3.63, 3.8) is 0 Å². The molecule has 1 unspecified atom stereocenters. The van der Waals surface area contributed by atoms with E-state index in [-0.39, 0.29) is 0 Å². The highest BCUT2D eigenvalue weighted by molar-refractivity contribution is 5.81. The second-order valence-corrected chi connectivity index (χ2v) is 5.36. The lowest BCUT2D eigenvalue weighted by molar-refractivity contribution is 0.575. The van der Waals surface area contributed by atoms with E-state index in [0.29, 0.717) is 6.04 Å². The summed E-state index contributed by atoms with van der Waals surface area (Å²) in [6.45, 7) is 3.06. The van der Waals surface area contributed by atoms with Gasteiger partial charge in [0.1, 0.15) is 0 Å². The minimum Gasteiger partial charge on any atom is -0.349 e. The lowest BCUT2D eigenvalue weighted by Gasteiger charge is -2.11. The summed E-state index contributed by atoms with van der Waals surface area (Å²) >= 11 is 0. The maximum Gasteiger partial charge on any atom is 0.0751 e. The van der Waals surface area contributed by atoms with Crippen molar-refractivity contribution in [3.05, 3.63) is 66.1 Å². The molecule has 0 amide bonds. The monoisotopic (exact) mass is 279 g/mol. The zero-order chi connectivity index (χ0) is 14.7. The first-order valence-electron chi connectivity index (χ1n) is 7.47. The Hall–Kier alpha value is -2.13. The van der Waals surface area contributed by atoms with E-state index in [1.807, 2.05) is 19.3 Å². The molecule has 2 aromatic heterocycles. The van der Waals surface area contributed by atoms with Gasteiger partial charge in [-0.05, 0) is 36.7 Å². The molecule has 1 atom stereocenters. The number of rotatable bonds is 5. The summed E-state index contributed by atoms with van der Waals surface area (Å²) in [6, 6.07) is 13.1. The van der Waals surface area contributed by atoms with E-state index < -0.39 is 0 Å². The second-order valence-electron chi connectivity index (χ2n) is 5.36. The molecule has 0 aliphatic carbocycles. The molecule has 0 saturated carbocycles. The maximum absolute atomic E-state index is 4.53. The minimum absolute atomic E-state index is 0.428. The van der Waals surface area contributed by atoms with Gasteiger partial charge in [-0.1, -0.05) is 31.2 Å². The van der Waals surface area contributed by atoms with Gasteiger partial charge in [0.2, 0.25) is 0 Å². The van der Waals surface area contributed by atoms with Crippen LogP contribution >= 0.6 is 0 Å². The molecule has 0 saturated heterocycles. The molecule has 3 aromatic rings. The van der Waals surface area contributed by atoms with Gasteiger partial charge in [-0.25, -0.2) is 0 Å². The predicted molar refractivity (Wildman–Crippen MR) is 87.4 cm³/mol. The topological polar surface area (TPSA) is 29.9 Å². The minimum atomic E-state index is 0.428. The quantitative estimate of drug-likeness (QED) is 0.770. The van der Waals surface area contributed by atoms with Crippen LogP contribution in [-0.2, 0) is 6.54 Å². The van der Waals surface area contributed by atoms with Crippen LogP contribution in [0.15, 0.2) is 55.0 Å². The number of para-hydroxylation sites is 1. The van der Waals surface area contributed by atoms with Gasteiger partial charge in [0, 0.05) is 36.6 Å². The van der Waals surface area contributed by atoms with E-state index in [2.05, 4.69) is 64.5 Å². The first kappa shape index (κ1) is 13.8. The highest BCUT2D eigenvalue weighted by atomic mass is 15.0. The first-order valence-corrected chi connectivity index (χ1v) is 7.47. The van der Waals surface area contributed by atoms with Crippen LogP contribution in [0.1, 0.15) is 30.5 Å². The van der Waals surface area contributed by atoms with Crippen molar-refractivity contribution in [2.45, 2.75) is 25.9 Å². The van der Waals surface area contributed by atoms with Crippen LogP contribution in [0.25, 0.3) is 10.9 Å². The van der Waals surface area contributed by atoms with E-state index in [9.17, 15) is 0 Å². The van der Waals surface area contributed by atoms with Crippen LogP contribution in [-0.4, -0.2) is 16.6 Å². The van der Waals surface area contributed by atoms with Crippen molar-refractivity contribution in [3.8, 4) is 0 Å². The van der Waals surface area contributed by atoms with Gasteiger partial charge in [-0.3, -0.25) is 4.98 Å². The van der Waals surface area contributed by atoms with Crippen molar-refractivity contribution in [2.24, 2.45) is 0 Å². The fourth-order valence-corrected chi connectivity index (χ4v) is 2.86. The predicted octanol–water partition coefficient (Wildman–Crippen LogP) is 3.76. The number of hydrogen-bond acceptors (Lipinski definition) is 2. The third-order valence-corrected chi connectivity index (χ3v) is 4.00. The van der Waals surface area contributed by atoms with Gasteiger partial charge in [0.25, 0.3) is 0 Å². The van der Waals surface area contributed by atoms with E-state index in [0.717, 1.165) is 18.5 Å². The van der Waals surface area contributed by atoms with Crippen LogP contribution in [0.5, 0.6) is 0 Å². The van der Waals surface area contributed by atoms with Gasteiger partial charge < -0.3 is 9.88 Å². The Bertz CT molecular complexity index is 721. The van der Waals surface area contributed by atoms with Crippen LogP contribution in [0, 0.1) is 0 Å². The van der Waals surface area contributed by atoms with E-state index in [1.54, 1.807) is 0 Å². The standard InChI is InChI=1S/C18H21N3/c1-3-17(19-2)15-9-11-21(12-15)13-16-7-4-6-14-8-5-10-20-18(14)16/h4-12,17,19H,3,13H2,1-2H3. The van der Waals surface area contributed by atoms with Gasteiger partial charge in [-0.2, -0.15) is 0 Å². The number of aromatic nitrogens is 2. The lowest BCUT2D eigenvalue weighted by atomic mass is 10.1. The molecule has 0 bridgehead atoms. The molecule has 0 spiro atoms. The SMILES string of the molecule is CCC(NC)c1ccn(Cc2cccc3cccnc23)c1. The molecule has 3 rings (SSSR count). The van der Waals surface area contributed by atoms with E-state index in [4.69, 9.17) is 0 Å². The van der Waals surface area contributed by atoms with Crippen LogP contribution in [0.2, 0.25) is 0 Å². The summed E-state index contributed by atoms with van der Waals surface area (Å²) in [6.07, 6.45) is 7.33. The smallest absolute Gasteiger partial charge is 0.0751 e. The summed E-state index contributed by atoms with van der Waals surface area (Å²) in [4.78, 5) is 4.53. The number of pyridine rings is 1. The zero-order valence-electron chi connectivity index (χ0n) is 12.6. The summed E-state index contributed by atoms with van der Waals surface area (Å²) in [5, 5.41) is 4.55. The summed E-state index contributed by atoms with van der Waals surface area (Å²) in [7, 11) is 2.01. The van der Waals surface area contributed by atoms with Gasteiger partial charge in [0.05, 0.1) is 5.52 Å². The van der Waals surface area contributed by atoms with Gasteiger partial charge >= 0.3 is 0 Å². The second kappa shape index (κ2) is 6.10. The van der Waals surface area contributed by atoms with E-state index >= 15 is 0 Å². The van der Waals surface area contributed by atoms with Crippen LogP contribution in [0.4, 0.5) is 0 Å². The van der Waals surface area contributed by atoms with E-state index in [1.165, 1.54) is 16.5 Å². The van der Waals surface area contributed by atoms with Crippen molar-refractivity contribution in [2.75, 3.05) is 7.05 Å². The summed E-state index contributed by atoms with van der Waals surface area (Å²) < 4.78 is 2.23. The number of nitrogens with one attached hydrogen (secondary N) is 1. The largest absolute Gasteiger partial charge is 0.349 e. The van der Waals surface area contributed by atoms with Gasteiger partial charge in [-0.15, -0.1) is 0 Å². The molecule has 3 nitrogen and oxygen atoms in total. The Morgan fingerprint density at radius 2 is 2.05 bits per heavy atom. The molecule has 0 aliphatic heterocycles. The number of fused-ring (bicyclic) bond motifs is 1. The van der Waals surface area contributed by atoms with Crippen molar-refractivity contribution in [1.82, 2.24) is 14.9 Å². The van der Waals surface area contributed by atoms with Gasteiger partial charge in [0.15, 0.2) is 0 Å². The highest BCUT2D eigenvalue weighted by Gasteiger charge is 2.09. The molecule has 1 aromatic carbocycles. The summed E-state index contributed by atoms with van der Waals surface area (Å²) in [5.41, 5.74) is 3.69. The molecule has 1 N–H and O–H groups in total. The Morgan fingerprint density at radius 3 is 2.86 bits per heavy atom. The average Bonchev–Trinajstić information content (AvgIpc) is 2.97. The Kier molecular flexibility index (Phi) is 4.02. The normalized spacial score (nSPS) is 12.7. The van der Waals surface area contributed by atoms with Crippen LogP contribution < -0.4 is 5.32 Å². The van der Waals surface area contributed by atoms with Crippen molar-refractivity contribution in [1.29, 1.82) is 0 Å². The lowest BCUT2D eigenvalue weighted by Crippen LogP contribution is -2.14. The van der Waals surface area contributed by atoms with Crippen molar-refractivity contribution >= 4 is 10.9 Å². The third kappa shape index (κ3) is 2.83. The molecular formula is C18H21N3. The number of hydrogen-bond donors (Lipinski definition) is 1. The Morgan fingerprint density at radius 1 is 1.19 bits per heavy atom. The third-order valence-electron chi connectivity index (χ3n) is 4.00. The Balaban J connectivity index is 1.89. The molecular weight excluding hydrogens is 258 g/mol. The first-order chi connectivity index (χ1) is 10.3. The number of benzene rings is 1.